The quantitative estimate of drug-likeness (QED) is 0.788. The summed E-state index contributed by atoms with van der Waals surface area (Å²) >= 11 is 0. The SMILES string of the molecule is COc1ccc(C2(C(=O)N3CCn4c(nnc4[C@@H]4C[C@H](O)CN4C(C)C)C3)CC2)cc1. The summed E-state index contributed by atoms with van der Waals surface area (Å²) in [6.45, 7) is 6.80. The molecule has 1 aromatic heterocycles. The number of carbonyl (C=O) groups is 1. The molecule has 1 aromatic carbocycles. The Hall–Kier alpha value is -2.45. The summed E-state index contributed by atoms with van der Waals surface area (Å²) in [6, 6.07) is 8.29. The maximum absolute atomic E-state index is 13.5. The van der Waals surface area contributed by atoms with Crippen LogP contribution in [0.1, 0.15) is 56.4 Å². The number of aliphatic hydroxyl groups excluding tert-OH is 1. The molecule has 5 rings (SSSR count). The summed E-state index contributed by atoms with van der Waals surface area (Å²) in [5, 5.41) is 19.2. The van der Waals surface area contributed by atoms with Gasteiger partial charge in [-0.15, -0.1) is 10.2 Å². The molecular weight excluding hydrogens is 394 g/mol. The predicted octanol–water partition coefficient (Wildman–Crippen LogP) is 1.88. The number of aromatic nitrogens is 3. The van der Waals surface area contributed by atoms with Crippen LogP contribution in [0.25, 0.3) is 0 Å². The summed E-state index contributed by atoms with van der Waals surface area (Å²) in [4.78, 5) is 17.7. The first-order valence-electron chi connectivity index (χ1n) is 11.2. The Kier molecular flexibility index (Phi) is 5.01. The summed E-state index contributed by atoms with van der Waals surface area (Å²) in [7, 11) is 1.65. The number of aliphatic hydroxyl groups is 1. The van der Waals surface area contributed by atoms with Crippen molar-refractivity contribution in [3.8, 4) is 5.75 Å². The highest BCUT2D eigenvalue weighted by Gasteiger charge is 2.53. The summed E-state index contributed by atoms with van der Waals surface area (Å²) in [5.74, 6) is 2.75. The molecule has 1 N–H and O–H groups in total. The van der Waals surface area contributed by atoms with E-state index in [-0.39, 0.29) is 18.1 Å². The highest BCUT2D eigenvalue weighted by Crippen LogP contribution is 2.50. The molecule has 0 bridgehead atoms. The van der Waals surface area contributed by atoms with Crippen LogP contribution in [0.2, 0.25) is 0 Å². The molecule has 2 aromatic rings. The van der Waals surface area contributed by atoms with Gasteiger partial charge < -0.3 is 19.3 Å². The summed E-state index contributed by atoms with van der Waals surface area (Å²) < 4.78 is 7.42. The first kappa shape index (κ1) is 20.5. The van der Waals surface area contributed by atoms with Crippen LogP contribution in [0.15, 0.2) is 24.3 Å². The minimum atomic E-state index is -0.401. The second-order valence-electron chi connectivity index (χ2n) is 9.36. The molecule has 31 heavy (non-hydrogen) atoms. The van der Waals surface area contributed by atoms with Crippen LogP contribution in [0.3, 0.4) is 0 Å². The molecule has 8 nitrogen and oxygen atoms in total. The zero-order valence-corrected chi connectivity index (χ0v) is 18.5. The highest BCUT2D eigenvalue weighted by atomic mass is 16.5. The van der Waals surface area contributed by atoms with Crippen LogP contribution in [0, 0.1) is 0 Å². The highest BCUT2D eigenvalue weighted by molar-refractivity contribution is 5.91. The molecule has 166 valence electrons. The van der Waals surface area contributed by atoms with Gasteiger partial charge in [0.15, 0.2) is 11.6 Å². The number of benzene rings is 1. The number of rotatable bonds is 5. The minimum absolute atomic E-state index is 0.0765. The van der Waals surface area contributed by atoms with Crippen molar-refractivity contribution in [2.45, 2.75) is 69.8 Å². The van der Waals surface area contributed by atoms with Crippen molar-refractivity contribution < 1.29 is 14.6 Å². The normalized spacial score (nSPS) is 25.0. The fourth-order valence-corrected chi connectivity index (χ4v) is 5.23. The first-order valence-corrected chi connectivity index (χ1v) is 11.2. The molecule has 3 aliphatic rings. The van der Waals surface area contributed by atoms with Gasteiger partial charge >= 0.3 is 0 Å². The van der Waals surface area contributed by atoms with Crippen molar-refractivity contribution in [2.24, 2.45) is 0 Å². The monoisotopic (exact) mass is 425 g/mol. The first-order chi connectivity index (χ1) is 14.9. The summed E-state index contributed by atoms with van der Waals surface area (Å²) in [5.41, 5.74) is 0.667. The Morgan fingerprint density at radius 1 is 1.19 bits per heavy atom. The topological polar surface area (TPSA) is 83.7 Å². The number of likely N-dealkylation sites (tertiary alicyclic amines) is 1. The maximum Gasteiger partial charge on any atom is 0.233 e. The molecule has 2 fully saturated rings. The molecule has 1 saturated carbocycles. The zero-order chi connectivity index (χ0) is 21.8. The lowest BCUT2D eigenvalue weighted by Crippen LogP contribution is -2.44. The van der Waals surface area contributed by atoms with Crippen LogP contribution in [-0.4, -0.2) is 67.9 Å². The van der Waals surface area contributed by atoms with E-state index in [1.54, 1.807) is 7.11 Å². The Bertz CT molecular complexity index is 966. The van der Waals surface area contributed by atoms with Gasteiger partial charge in [-0.25, -0.2) is 0 Å². The Morgan fingerprint density at radius 2 is 1.94 bits per heavy atom. The molecule has 1 aliphatic carbocycles. The lowest BCUT2D eigenvalue weighted by molar-refractivity contribution is -0.135. The average molecular weight is 426 g/mol. The number of β-amino-alcohol motifs (C(OH)–C–C–N with tert-alkyl or cyclic N) is 1. The van der Waals surface area contributed by atoms with Crippen LogP contribution in [0.4, 0.5) is 0 Å². The lowest BCUT2D eigenvalue weighted by Gasteiger charge is -2.33. The van der Waals surface area contributed by atoms with E-state index in [9.17, 15) is 9.90 Å². The van der Waals surface area contributed by atoms with Crippen LogP contribution >= 0.6 is 0 Å². The van der Waals surface area contributed by atoms with Crippen molar-refractivity contribution in [2.75, 3.05) is 20.2 Å². The van der Waals surface area contributed by atoms with Gasteiger partial charge in [0.1, 0.15) is 5.75 Å². The van der Waals surface area contributed by atoms with Gasteiger partial charge in [-0.2, -0.15) is 0 Å². The molecular formula is C23H31N5O3. The minimum Gasteiger partial charge on any atom is -0.497 e. The number of hydrogen-bond donors (Lipinski definition) is 1. The second-order valence-corrected chi connectivity index (χ2v) is 9.36. The number of methoxy groups -OCH3 is 1. The van der Waals surface area contributed by atoms with Gasteiger partial charge in [-0.05, 0) is 50.8 Å². The molecule has 1 amide bonds. The van der Waals surface area contributed by atoms with Gasteiger partial charge in [0.25, 0.3) is 0 Å². The van der Waals surface area contributed by atoms with E-state index < -0.39 is 5.41 Å². The fourth-order valence-electron chi connectivity index (χ4n) is 5.23. The van der Waals surface area contributed by atoms with E-state index >= 15 is 0 Å². The van der Waals surface area contributed by atoms with Crippen molar-refractivity contribution in [3.05, 3.63) is 41.5 Å². The molecule has 2 aliphatic heterocycles. The zero-order valence-electron chi connectivity index (χ0n) is 18.5. The van der Waals surface area contributed by atoms with E-state index in [4.69, 9.17) is 4.74 Å². The fraction of sp³-hybridized carbons (Fsp3) is 0.609. The van der Waals surface area contributed by atoms with Crippen LogP contribution in [0.5, 0.6) is 5.75 Å². The van der Waals surface area contributed by atoms with E-state index in [0.717, 1.165) is 35.8 Å². The third kappa shape index (κ3) is 3.42. The van der Waals surface area contributed by atoms with Crippen molar-refractivity contribution in [1.29, 1.82) is 0 Å². The van der Waals surface area contributed by atoms with E-state index in [1.165, 1.54) is 0 Å². The van der Waals surface area contributed by atoms with Gasteiger partial charge in [-0.1, -0.05) is 12.1 Å². The smallest absolute Gasteiger partial charge is 0.233 e. The number of fused-ring (bicyclic) bond motifs is 1. The molecule has 0 spiro atoms. The van der Waals surface area contributed by atoms with E-state index in [1.807, 2.05) is 29.2 Å². The maximum atomic E-state index is 13.5. The Labute approximate surface area is 182 Å². The number of ether oxygens (including phenoxy) is 1. The van der Waals surface area contributed by atoms with Gasteiger partial charge in [0, 0.05) is 25.7 Å². The third-order valence-corrected chi connectivity index (χ3v) is 7.15. The van der Waals surface area contributed by atoms with E-state index in [2.05, 4.69) is 33.5 Å². The van der Waals surface area contributed by atoms with Crippen molar-refractivity contribution >= 4 is 5.91 Å². The van der Waals surface area contributed by atoms with Crippen LogP contribution < -0.4 is 4.74 Å². The van der Waals surface area contributed by atoms with Crippen LogP contribution in [-0.2, 0) is 23.3 Å². The molecule has 1 saturated heterocycles. The standard InChI is InChI=1S/C23H31N5O3/c1-15(2)28-13-17(29)12-19(28)21-25-24-20-14-26(10-11-27(20)21)22(30)23(8-9-23)16-4-6-18(31-3)7-5-16/h4-7,15,17,19,29H,8-14H2,1-3H3/t17-,19-/m0/s1. The third-order valence-electron chi connectivity index (χ3n) is 7.15. The number of amides is 1. The number of carbonyl (C=O) groups excluding carboxylic acids is 1. The van der Waals surface area contributed by atoms with E-state index in [0.29, 0.717) is 38.6 Å². The van der Waals surface area contributed by atoms with Gasteiger partial charge in [0.2, 0.25) is 5.91 Å². The second kappa shape index (κ2) is 7.60. The largest absolute Gasteiger partial charge is 0.497 e. The molecule has 0 radical (unpaired) electrons. The Balaban J connectivity index is 1.34. The Morgan fingerprint density at radius 3 is 2.58 bits per heavy atom. The van der Waals surface area contributed by atoms with Crippen molar-refractivity contribution in [1.82, 2.24) is 24.6 Å². The molecule has 3 heterocycles. The number of nitrogens with zero attached hydrogens (tertiary/aromatic N) is 5. The predicted molar refractivity (Wildman–Crippen MR) is 115 cm³/mol. The van der Waals surface area contributed by atoms with Gasteiger partial charge in [-0.3, -0.25) is 9.69 Å². The molecule has 2 atom stereocenters. The lowest BCUT2D eigenvalue weighted by atomic mass is 9.94. The number of hydrogen-bond acceptors (Lipinski definition) is 6. The van der Waals surface area contributed by atoms with Crippen molar-refractivity contribution in [3.63, 3.8) is 0 Å². The summed E-state index contributed by atoms with van der Waals surface area (Å²) in [6.07, 6.45) is 2.12. The average Bonchev–Trinajstić information content (AvgIpc) is 3.33. The molecule has 0 unspecified atom stereocenters. The van der Waals surface area contributed by atoms with Gasteiger partial charge in [0.05, 0.1) is 31.2 Å². The molecule has 8 heteroatoms.